The van der Waals surface area contributed by atoms with Gasteiger partial charge in [0.25, 0.3) is 0 Å². The van der Waals surface area contributed by atoms with Gasteiger partial charge in [0.15, 0.2) is 5.82 Å². The van der Waals surface area contributed by atoms with Gasteiger partial charge in [-0.2, -0.15) is 0 Å². The highest BCUT2D eigenvalue weighted by Crippen LogP contribution is 2.36. The van der Waals surface area contributed by atoms with Crippen LogP contribution in [0.2, 0.25) is 0 Å². The van der Waals surface area contributed by atoms with Crippen LogP contribution in [0.1, 0.15) is 0 Å². The molecule has 3 heterocycles. The van der Waals surface area contributed by atoms with Gasteiger partial charge >= 0.3 is 0 Å². The molecule has 0 atom stereocenters. The molecule has 0 saturated heterocycles. The molecule has 104 valence electrons. The normalized spacial score (nSPS) is 11.3. The molecule has 0 amide bonds. The highest BCUT2D eigenvalue weighted by molar-refractivity contribution is 7.28. The summed E-state index contributed by atoms with van der Waals surface area (Å²) in [7, 11) is 1.81. The fraction of sp³-hybridized carbons (Fsp3) is 0.0667. The average Bonchev–Trinajstić information content (AvgIpc) is 3.06. The lowest BCUT2D eigenvalue weighted by Crippen LogP contribution is -1.98. The number of aromatic nitrogens is 2. The van der Waals surface area contributed by atoms with Crippen molar-refractivity contribution in [1.29, 1.82) is 0 Å². The van der Waals surface area contributed by atoms with Crippen LogP contribution in [0.5, 0.6) is 0 Å². The number of hydrogen-bond donors (Lipinski definition) is 1. The largest absolute Gasteiger partial charge is 0.373 e. The van der Waals surface area contributed by atoms with E-state index in [0.717, 1.165) is 10.3 Å². The van der Waals surface area contributed by atoms with E-state index in [2.05, 4.69) is 32.8 Å². The summed E-state index contributed by atoms with van der Waals surface area (Å²) < 4.78 is 15.9. The molecule has 21 heavy (non-hydrogen) atoms. The van der Waals surface area contributed by atoms with Crippen molar-refractivity contribution in [2.75, 3.05) is 12.4 Å². The summed E-state index contributed by atoms with van der Waals surface area (Å²) in [4.78, 5) is 10.1. The minimum atomic E-state index is -0.290. The van der Waals surface area contributed by atoms with E-state index < -0.39 is 0 Å². The molecule has 3 aromatic heterocycles. The van der Waals surface area contributed by atoms with Gasteiger partial charge in [-0.25, -0.2) is 14.4 Å². The zero-order valence-electron chi connectivity index (χ0n) is 11.1. The molecule has 0 bridgehead atoms. The van der Waals surface area contributed by atoms with Gasteiger partial charge in [-0.1, -0.05) is 0 Å². The molecule has 4 rings (SSSR count). The lowest BCUT2D eigenvalue weighted by molar-refractivity contribution is 0.629. The van der Waals surface area contributed by atoms with Crippen LogP contribution in [0.25, 0.3) is 31.0 Å². The summed E-state index contributed by atoms with van der Waals surface area (Å²) in [5.41, 5.74) is 0.612. The van der Waals surface area contributed by atoms with E-state index in [4.69, 9.17) is 0 Å². The first kappa shape index (κ1) is 12.7. The van der Waals surface area contributed by atoms with E-state index in [9.17, 15) is 4.39 Å². The second kappa shape index (κ2) is 4.75. The van der Waals surface area contributed by atoms with Crippen molar-refractivity contribution in [2.24, 2.45) is 0 Å². The Hall–Kier alpha value is -2.05. The number of nitrogens with one attached hydrogen (secondary N) is 1. The Labute approximate surface area is 128 Å². The topological polar surface area (TPSA) is 37.8 Å². The van der Waals surface area contributed by atoms with Gasteiger partial charge in [0.05, 0.1) is 10.4 Å². The van der Waals surface area contributed by atoms with E-state index in [1.807, 2.05) is 7.05 Å². The fourth-order valence-corrected chi connectivity index (χ4v) is 4.32. The van der Waals surface area contributed by atoms with Gasteiger partial charge in [-0.15, -0.1) is 22.7 Å². The molecule has 0 aliphatic carbocycles. The number of halogens is 1. The highest BCUT2D eigenvalue weighted by atomic mass is 32.1. The number of fused-ring (bicyclic) bond motifs is 2. The molecule has 0 spiro atoms. The third-order valence-electron chi connectivity index (χ3n) is 3.26. The zero-order valence-corrected chi connectivity index (χ0v) is 12.7. The molecule has 4 aromatic rings. The van der Waals surface area contributed by atoms with E-state index >= 15 is 0 Å². The molecule has 0 aliphatic rings. The van der Waals surface area contributed by atoms with Crippen molar-refractivity contribution in [2.45, 2.75) is 0 Å². The quantitative estimate of drug-likeness (QED) is 0.580. The summed E-state index contributed by atoms with van der Waals surface area (Å²) >= 11 is 3.35. The smallest absolute Gasteiger partial charge is 0.172 e. The minimum Gasteiger partial charge on any atom is -0.373 e. The van der Waals surface area contributed by atoms with Crippen LogP contribution in [0.4, 0.5) is 10.2 Å². The van der Waals surface area contributed by atoms with Gasteiger partial charge in [0, 0.05) is 27.9 Å². The first-order valence-corrected chi connectivity index (χ1v) is 8.07. The third-order valence-corrected chi connectivity index (χ3v) is 5.34. The zero-order chi connectivity index (χ0) is 14.4. The molecule has 6 heteroatoms. The molecular weight excluding hydrogens is 305 g/mol. The molecule has 0 fully saturated rings. The number of benzene rings is 1. The average molecular weight is 315 g/mol. The minimum absolute atomic E-state index is 0.290. The molecule has 0 saturated carbocycles. The van der Waals surface area contributed by atoms with Crippen molar-refractivity contribution in [3.63, 3.8) is 0 Å². The first-order valence-electron chi connectivity index (χ1n) is 6.37. The fourth-order valence-electron chi connectivity index (χ4n) is 2.28. The summed E-state index contributed by atoms with van der Waals surface area (Å²) in [6.45, 7) is 0. The molecular formula is C15H10FN3S2. The number of hydrogen-bond acceptors (Lipinski definition) is 5. The van der Waals surface area contributed by atoms with Crippen LogP contribution in [0.3, 0.4) is 0 Å². The predicted molar refractivity (Wildman–Crippen MR) is 87.7 cm³/mol. The Morgan fingerprint density at radius 3 is 2.81 bits per heavy atom. The Kier molecular flexibility index (Phi) is 2.87. The lowest BCUT2D eigenvalue weighted by atomic mass is 10.2. The summed E-state index contributed by atoms with van der Waals surface area (Å²) in [6.07, 6.45) is 0. The van der Waals surface area contributed by atoms with Crippen LogP contribution >= 0.6 is 22.7 Å². The monoisotopic (exact) mass is 315 g/mol. The lowest BCUT2D eigenvalue weighted by Gasteiger charge is -2.07. The Bertz CT molecular complexity index is 930. The summed E-state index contributed by atoms with van der Waals surface area (Å²) in [6, 6.07) is 8.75. The maximum Gasteiger partial charge on any atom is 0.172 e. The van der Waals surface area contributed by atoms with Crippen molar-refractivity contribution < 1.29 is 4.39 Å². The SMILES string of the molecule is CNc1nc(-c2cc3sccc3s2)nc2cc(F)ccc12. The standard InChI is InChI=1S/C15H10FN3S2/c1-17-14-9-3-2-8(16)6-10(9)18-15(19-14)13-7-12-11(21-13)4-5-20-12/h2-7H,1H3,(H,17,18,19). The molecule has 0 unspecified atom stereocenters. The molecule has 0 aliphatic heterocycles. The van der Waals surface area contributed by atoms with Gasteiger partial charge < -0.3 is 5.32 Å². The Morgan fingerprint density at radius 2 is 2.00 bits per heavy atom. The molecule has 3 nitrogen and oxygen atoms in total. The van der Waals surface area contributed by atoms with E-state index in [1.54, 1.807) is 28.7 Å². The maximum atomic E-state index is 13.4. The van der Waals surface area contributed by atoms with Crippen LogP contribution in [-0.2, 0) is 0 Å². The second-order valence-corrected chi connectivity index (χ2v) is 6.60. The van der Waals surface area contributed by atoms with Crippen LogP contribution in [-0.4, -0.2) is 17.0 Å². The Morgan fingerprint density at radius 1 is 1.10 bits per heavy atom. The first-order chi connectivity index (χ1) is 10.2. The Balaban J connectivity index is 1.97. The van der Waals surface area contributed by atoms with Crippen molar-refractivity contribution in [3.05, 3.63) is 41.5 Å². The molecule has 1 N–H and O–H groups in total. The molecule has 0 radical (unpaired) electrons. The van der Waals surface area contributed by atoms with E-state index in [0.29, 0.717) is 17.2 Å². The predicted octanol–water partition coefficient (Wildman–Crippen LogP) is 4.75. The summed E-state index contributed by atoms with van der Waals surface area (Å²) in [5, 5.41) is 5.95. The third kappa shape index (κ3) is 2.07. The van der Waals surface area contributed by atoms with E-state index in [1.165, 1.54) is 21.5 Å². The van der Waals surface area contributed by atoms with E-state index in [-0.39, 0.29) is 5.82 Å². The van der Waals surface area contributed by atoms with Crippen molar-refractivity contribution >= 4 is 48.8 Å². The number of rotatable bonds is 2. The van der Waals surface area contributed by atoms with Gasteiger partial charge in [0.2, 0.25) is 0 Å². The van der Waals surface area contributed by atoms with Crippen LogP contribution in [0, 0.1) is 5.82 Å². The van der Waals surface area contributed by atoms with Crippen LogP contribution < -0.4 is 5.32 Å². The van der Waals surface area contributed by atoms with Gasteiger partial charge in [-0.3, -0.25) is 0 Å². The second-order valence-electron chi connectivity index (χ2n) is 4.57. The maximum absolute atomic E-state index is 13.4. The number of anilines is 1. The van der Waals surface area contributed by atoms with Crippen molar-refractivity contribution in [3.8, 4) is 10.7 Å². The number of nitrogens with zero attached hydrogens (tertiary/aromatic N) is 2. The van der Waals surface area contributed by atoms with Crippen LogP contribution in [0.15, 0.2) is 35.7 Å². The van der Waals surface area contributed by atoms with Crippen molar-refractivity contribution in [1.82, 2.24) is 9.97 Å². The number of thiophene rings is 2. The highest BCUT2D eigenvalue weighted by Gasteiger charge is 2.12. The molecule has 1 aromatic carbocycles. The summed E-state index contributed by atoms with van der Waals surface area (Å²) in [5.74, 6) is 1.05. The van der Waals surface area contributed by atoms with Gasteiger partial charge in [-0.05, 0) is 29.6 Å². The van der Waals surface area contributed by atoms with Gasteiger partial charge in [0.1, 0.15) is 11.6 Å².